The summed E-state index contributed by atoms with van der Waals surface area (Å²) in [4.78, 5) is 0. The molecule has 0 heterocycles. The van der Waals surface area contributed by atoms with E-state index in [1.165, 1.54) is 89.1 Å². The molecule has 0 saturated carbocycles. The molecule has 1 heteroatoms. The molecule has 0 radical (unpaired) electrons. The third-order valence-electron chi connectivity index (χ3n) is 5.34. The van der Waals surface area contributed by atoms with Gasteiger partial charge >= 0.3 is 0 Å². The molecule has 0 N–H and O–H groups in total. The third-order valence-corrected chi connectivity index (χ3v) is 10.3. The first kappa shape index (κ1) is 20.2. The van der Waals surface area contributed by atoms with Crippen molar-refractivity contribution in [1.82, 2.24) is 0 Å². The minimum atomic E-state index is -0.795. The van der Waals surface area contributed by atoms with Crippen LogP contribution >= 0.6 is 0 Å². The van der Waals surface area contributed by atoms with Gasteiger partial charge < -0.3 is 0 Å². The molecule has 0 rings (SSSR count). The molecule has 0 aliphatic carbocycles. The van der Waals surface area contributed by atoms with E-state index in [9.17, 15) is 0 Å². The van der Waals surface area contributed by atoms with E-state index >= 15 is 0 Å². The van der Waals surface area contributed by atoms with Gasteiger partial charge in [-0.15, -0.1) is 0 Å². The molecule has 0 amide bonds. The van der Waals surface area contributed by atoms with Crippen LogP contribution in [-0.2, 0) is 0 Å². The van der Waals surface area contributed by atoms with Crippen LogP contribution in [0.4, 0.5) is 0 Å². The predicted octanol–water partition coefficient (Wildman–Crippen LogP) is 7.81. The lowest BCUT2D eigenvalue weighted by molar-refractivity contribution is 0.547. The van der Waals surface area contributed by atoms with E-state index in [0.29, 0.717) is 0 Å². The summed E-state index contributed by atoms with van der Waals surface area (Å²) in [5.74, 6) is 0. The van der Waals surface area contributed by atoms with Gasteiger partial charge in [-0.2, -0.15) is 0 Å². The number of hydrogen-bond donors (Lipinski definition) is 0. The Hall–Kier alpha value is 0.217. The van der Waals surface area contributed by atoms with Crippen molar-refractivity contribution in [2.75, 3.05) is 0 Å². The number of rotatable bonds is 15. The highest BCUT2D eigenvalue weighted by molar-refractivity contribution is 6.78. The van der Waals surface area contributed by atoms with Crippen molar-refractivity contribution in [1.29, 1.82) is 0 Å². The van der Waals surface area contributed by atoms with Gasteiger partial charge in [0, 0.05) is 8.07 Å². The highest BCUT2D eigenvalue weighted by Crippen LogP contribution is 2.23. The fourth-order valence-electron chi connectivity index (χ4n) is 3.00. The Bertz CT molecular complexity index is 184. The summed E-state index contributed by atoms with van der Waals surface area (Å²) in [6.45, 7) is 9.73. The number of hydrogen-bond acceptors (Lipinski definition) is 0. The Morgan fingerprint density at radius 2 is 0.850 bits per heavy atom. The topological polar surface area (TPSA) is 0 Å². The van der Waals surface area contributed by atoms with E-state index in [1.54, 1.807) is 6.04 Å². The van der Waals surface area contributed by atoms with Crippen molar-refractivity contribution in [2.45, 2.75) is 123 Å². The summed E-state index contributed by atoms with van der Waals surface area (Å²) < 4.78 is 0. The van der Waals surface area contributed by atoms with Crippen LogP contribution in [0.5, 0.6) is 0 Å². The van der Waals surface area contributed by atoms with Gasteiger partial charge in [-0.3, -0.25) is 0 Å². The molecule has 0 saturated heterocycles. The zero-order chi connectivity index (χ0) is 15.1. The molecule has 0 aliphatic rings. The number of unbranched alkanes of at least 4 members (excludes halogenated alkanes) is 11. The van der Waals surface area contributed by atoms with Gasteiger partial charge in [0.05, 0.1) is 0 Å². The molecule has 0 spiro atoms. The summed E-state index contributed by atoms with van der Waals surface area (Å²) in [5, 5.41) is 0. The van der Waals surface area contributed by atoms with Crippen molar-refractivity contribution in [3.05, 3.63) is 0 Å². The molecule has 0 unspecified atom stereocenters. The lowest BCUT2D eigenvalue weighted by Gasteiger charge is -2.23. The molecule has 20 heavy (non-hydrogen) atoms. The van der Waals surface area contributed by atoms with Gasteiger partial charge in [0.1, 0.15) is 0 Å². The first-order chi connectivity index (χ1) is 9.68. The smallest absolute Gasteiger partial charge is 0.0499 e. The maximum atomic E-state index is 2.60. The summed E-state index contributed by atoms with van der Waals surface area (Å²) >= 11 is 0. The summed E-state index contributed by atoms with van der Waals surface area (Å²) in [6, 6.07) is 4.56. The molecule has 0 nitrogen and oxygen atoms in total. The highest BCUT2D eigenvalue weighted by Gasteiger charge is 2.20. The van der Waals surface area contributed by atoms with Crippen LogP contribution in [0.1, 0.15) is 97.8 Å². The Morgan fingerprint density at radius 3 is 1.20 bits per heavy atom. The minimum Gasteiger partial charge on any atom is -0.0692 e. The average molecular weight is 299 g/mol. The van der Waals surface area contributed by atoms with Crippen molar-refractivity contribution in [3.8, 4) is 0 Å². The van der Waals surface area contributed by atoms with E-state index in [0.717, 1.165) is 0 Å². The monoisotopic (exact) mass is 298 g/mol. The lowest BCUT2D eigenvalue weighted by atomic mass is 10.1. The molecular weight excluding hydrogens is 256 g/mol. The van der Waals surface area contributed by atoms with Crippen molar-refractivity contribution in [3.63, 3.8) is 0 Å². The maximum absolute atomic E-state index is 2.60. The van der Waals surface area contributed by atoms with Crippen molar-refractivity contribution < 1.29 is 0 Å². The van der Waals surface area contributed by atoms with Crippen LogP contribution in [0.2, 0.25) is 24.7 Å². The summed E-state index contributed by atoms with van der Waals surface area (Å²) in [5.41, 5.74) is 0. The normalized spacial score (nSPS) is 12.0. The van der Waals surface area contributed by atoms with E-state index in [-0.39, 0.29) is 0 Å². The van der Waals surface area contributed by atoms with Crippen LogP contribution in [0, 0.1) is 0 Å². The van der Waals surface area contributed by atoms with E-state index in [4.69, 9.17) is 0 Å². The van der Waals surface area contributed by atoms with E-state index < -0.39 is 8.07 Å². The fourth-order valence-corrected chi connectivity index (χ4v) is 5.31. The second-order valence-electron chi connectivity index (χ2n) is 7.16. The van der Waals surface area contributed by atoms with Crippen molar-refractivity contribution >= 4 is 8.07 Å². The fraction of sp³-hybridized carbons (Fsp3) is 1.00. The zero-order valence-electron chi connectivity index (χ0n) is 15.1. The molecule has 0 aromatic rings. The standard InChI is InChI=1S/C19H42Si/c1-5-8-9-10-11-12-13-14-15-16-17-18-19-20(4,6-2)7-3/h5-19H2,1-4H3. The van der Waals surface area contributed by atoms with Crippen LogP contribution in [0.3, 0.4) is 0 Å². The summed E-state index contributed by atoms with van der Waals surface area (Å²) in [7, 11) is -0.795. The van der Waals surface area contributed by atoms with Crippen LogP contribution < -0.4 is 0 Å². The third kappa shape index (κ3) is 12.0. The SMILES string of the molecule is CCCCCCCCCCCCCC[Si](C)(CC)CC. The molecule has 0 fully saturated rings. The summed E-state index contributed by atoms with van der Waals surface area (Å²) in [6.07, 6.45) is 17.7. The van der Waals surface area contributed by atoms with Crippen LogP contribution in [0.15, 0.2) is 0 Å². The second-order valence-corrected chi connectivity index (χ2v) is 12.7. The second kappa shape index (κ2) is 14.2. The van der Waals surface area contributed by atoms with Gasteiger partial charge in [0.25, 0.3) is 0 Å². The van der Waals surface area contributed by atoms with Gasteiger partial charge in [-0.05, 0) is 0 Å². The van der Waals surface area contributed by atoms with Gasteiger partial charge in [0.2, 0.25) is 0 Å². The van der Waals surface area contributed by atoms with Gasteiger partial charge in [0.15, 0.2) is 0 Å². The molecule has 0 aromatic heterocycles. The molecule has 0 atom stereocenters. The maximum Gasteiger partial charge on any atom is 0.0499 e. The Labute approximate surface area is 131 Å². The largest absolute Gasteiger partial charge is 0.0692 e. The van der Waals surface area contributed by atoms with Gasteiger partial charge in [-0.1, -0.05) is 123 Å². The molecular formula is C19H42Si. The predicted molar refractivity (Wildman–Crippen MR) is 98.5 cm³/mol. The Kier molecular flexibility index (Phi) is 14.3. The average Bonchev–Trinajstić information content (AvgIpc) is 2.48. The highest BCUT2D eigenvalue weighted by atomic mass is 28.3. The van der Waals surface area contributed by atoms with E-state index in [2.05, 4.69) is 27.3 Å². The zero-order valence-corrected chi connectivity index (χ0v) is 16.1. The first-order valence-electron chi connectivity index (χ1n) is 9.68. The first-order valence-corrected chi connectivity index (χ1v) is 12.8. The van der Waals surface area contributed by atoms with Crippen molar-refractivity contribution in [2.24, 2.45) is 0 Å². The van der Waals surface area contributed by atoms with Crippen LogP contribution in [-0.4, -0.2) is 8.07 Å². The van der Waals surface area contributed by atoms with Crippen LogP contribution in [0.25, 0.3) is 0 Å². The molecule has 0 bridgehead atoms. The minimum absolute atomic E-state index is 0.795. The Morgan fingerprint density at radius 1 is 0.500 bits per heavy atom. The molecule has 0 aromatic carbocycles. The molecule has 122 valence electrons. The van der Waals surface area contributed by atoms with Gasteiger partial charge in [-0.25, -0.2) is 0 Å². The lowest BCUT2D eigenvalue weighted by Crippen LogP contribution is -2.26. The Balaban J connectivity index is 3.17. The van der Waals surface area contributed by atoms with E-state index in [1.807, 2.05) is 0 Å². The molecule has 0 aliphatic heterocycles. The quantitative estimate of drug-likeness (QED) is 0.214.